The van der Waals surface area contributed by atoms with Gasteiger partial charge in [-0.15, -0.1) is 34.7 Å². The average Bonchev–Trinajstić information content (AvgIpc) is 4.01. The number of esters is 1. The van der Waals surface area contributed by atoms with E-state index in [0.717, 1.165) is 44.5 Å². The van der Waals surface area contributed by atoms with Crippen LogP contribution in [0, 0.1) is 0 Å². The zero-order chi connectivity index (χ0) is 52.6. The largest absolute Gasteiger partial charge is 0.448 e. The Morgan fingerprint density at radius 3 is 1.47 bits per heavy atom. The van der Waals surface area contributed by atoms with Gasteiger partial charge in [0.1, 0.15) is 28.3 Å². The summed E-state index contributed by atoms with van der Waals surface area (Å²) in [5.74, 6) is -1.61. The number of carbonyl (C=O) groups is 3. The van der Waals surface area contributed by atoms with Crippen LogP contribution in [0.25, 0.3) is 0 Å². The second kappa shape index (κ2) is 22.7. The van der Waals surface area contributed by atoms with Gasteiger partial charge in [0, 0.05) is 33.7 Å². The lowest BCUT2D eigenvalue weighted by molar-refractivity contribution is -0.154. The number of nitrogens with one attached hydrogen (secondary N) is 2. The molecule has 2 atom stereocenters. The summed E-state index contributed by atoms with van der Waals surface area (Å²) in [6.45, 7) is 0. The molecule has 9 aromatic rings. The highest BCUT2D eigenvalue weighted by molar-refractivity contribution is 8.00. The first kappa shape index (κ1) is 50.6. The highest BCUT2D eigenvalue weighted by Gasteiger charge is 2.55. The predicted octanol–water partition coefficient (Wildman–Crippen LogP) is 12.5. The second-order valence-corrected chi connectivity index (χ2v) is 20.6. The number of hydrogen-bond donors (Lipinski definition) is 2. The van der Waals surface area contributed by atoms with Crippen molar-refractivity contribution in [3.63, 3.8) is 0 Å². The van der Waals surface area contributed by atoms with Gasteiger partial charge in [-0.25, -0.2) is 9.78 Å². The fraction of sp³-hybridized carbons (Fsp3) is 0.109. The van der Waals surface area contributed by atoms with Crippen LogP contribution in [0.3, 0.4) is 0 Å². The summed E-state index contributed by atoms with van der Waals surface area (Å²) in [4.78, 5) is 58.0. The molecule has 1 unspecified atom stereocenters. The molecule has 3 heterocycles. The maximum Gasteiger partial charge on any atom is 0.356 e. The zero-order valence-corrected chi connectivity index (χ0v) is 43.8. The lowest BCUT2D eigenvalue weighted by Crippen LogP contribution is -2.71. The van der Waals surface area contributed by atoms with Crippen molar-refractivity contribution in [2.24, 2.45) is 5.16 Å². The Kier molecular flexibility index (Phi) is 14.9. The summed E-state index contributed by atoms with van der Waals surface area (Å²) in [6, 6.07) is 77.4. The van der Waals surface area contributed by atoms with Crippen LogP contribution in [-0.2, 0) is 35.1 Å². The van der Waals surface area contributed by atoms with Crippen molar-refractivity contribution in [2.45, 2.75) is 28.7 Å². The van der Waals surface area contributed by atoms with Gasteiger partial charge in [0.2, 0.25) is 5.60 Å². The Morgan fingerprint density at radius 1 is 0.623 bits per heavy atom. The molecule has 0 spiro atoms. The minimum Gasteiger partial charge on any atom is -0.448 e. The highest BCUT2D eigenvalue weighted by atomic mass is 35.5. The fourth-order valence-corrected chi connectivity index (χ4v) is 12.5. The van der Waals surface area contributed by atoms with E-state index in [9.17, 15) is 9.59 Å². The smallest absolute Gasteiger partial charge is 0.356 e. The van der Waals surface area contributed by atoms with E-state index in [2.05, 4.69) is 47.0 Å². The number of carbonyl (C=O) groups excluding carboxylic acids is 3. The average molecular weight is 1070 g/mol. The number of ether oxygens (including phenoxy) is 1. The Hall–Kier alpha value is -8.55. The van der Waals surface area contributed by atoms with E-state index >= 15 is 4.79 Å². The van der Waals surface area contributed by atoms with Crippen molar-refractivity contribution >= 4 is 63.3 Å². The van der Waals surface area contributed by atoms with E-state index in [1.807, 2.05) is 206 Å². The molecule has 2 amide bonds. The first-order chi connectivity index (χ1) is 37.9. The van der Waals surface area contributed by atoms with Gasteiger partial charge >= 0.3 is 5.97 Å². The van der Waals surface area contributed by atoms with E-state index in [0.29, 0.717) is 16.5 Å². The molecule has 1 saturated heterocycles. The summed E-state index contributed by atoms with van der Waals surface area (Å²) in [5.41, 5.74) is 5.02. The molecule has 0 aliphatic carbocycles. The van der Waals surface area contributed by atoms with Gasteiger partial charge in [0.25, 0.3) is 11.8 Å². The molecule has 1 fully saturated rings. The quantitative estimate of drug-likeness (QED) is 0.0218. The van der Waals surface area contributed by atoms with Crippen LogP contribution >= 0.6 is 34.7 Å². The normalized spacial score (nSPS) is 15.5. The Morgan fingerprint density at radius 2 is 1.04 bits per heavy atom. The first-order valence-corrected chi connectivity index (χ1v) is 27.5. The third-order valence-corrected chi connectivity index (χ3v) is 16.2. The summed E-state index contributed by atoms with van der Waals surface area (Å²) in [6.07, 6.45) is -0.766. The summed E-state index contributed by atoms with van der Waals surface area (Å²) in [5, 5.41) is 13.3. The van der Waals surface area contributed by atoms with Gasteiger partial charge in [-0.2, -0.15) is 0 Å². The van der Waals surface area contributed by atoms with Gasteiger partial charge in [-0.05, 0) is 33.4 Å². The lowest BCUT2D eigenvalue weighted by Gasteiger charge is -2.49. The number of thiazole rings is 1. The molecule has 2 aliphatic heterocycles. The number of β-lactam (4-membered cyclic amide) rings is 1. The maximum absolute atomic E-state index is 15.4. The molecule has 0 radical (unpaired) electrons. The number of hydrogen-bond acceptors (Lipinski definition) is 10. The van der Waals surface area contributed by atoms with Crippen LogP contribution in [0.1, 0.15) is 56.3 Å². The van der Waals surface area contributed by atoms with E-state index in [1.54, 1.807) is 5.38 Å². The fourth-order valence-electron chi connectivity index (χ4n) is 10.1. The van der Waals surface area contributed by atoms with Crippen molar-refractivity contribution in [3.05, 3.63) is 310 Å². The number of thioether (sulfide) groups is 1. The van der Waals surface area contributed by atoms with Crippen LogP contribution in [-0.4, -0.2) is 56.4 Å². The summed E-state index contributed by atoms with van der Waals surface area (Å²) >= 11 is 9.23. The number of aromatic nitrogens is 1. The number of fused-ring (bicyclic) bond motifs is 1. The van der Waals surface area contributed by atoms with Crippen molar-refractivity contribution in [1.82, 2.24) is 15.2 Å². The summed E-state index contributed by atoms with van der Waals surface area (Å²) in [7, 11) is 0. The molecule has 2 N–H and O–H groups in total. The lowest BCUT2D eigenvalue weighted by atomic mass is 9.77. The van der Waals surface area contributed by atoms with Crippen LogP contribution < -0.4 is 10.6 Å². The molecule has 8 aromatic carbocycles. The van der Waals surface area contributed by atoms with Crippen molar-refractivity contribution < 1.29 is 24.0 Å². The highest BCUT2D eigenvalue weighted by Crippen LogP contribution is 2.45. The minimum absolute atomic E-state index is 0.00721. The first-order valence-electron chi connectivity index (χ1n) is 25.1. The molecule has 77 heavy (non-hydrogen) atoms. The Bertz CT molecular complexity index is 3310. The Balaban J connectivity index is 0.979. The number of rotatable bonds is 18. The van der Waals surface area contributed by atoms with E-state index < -0.39 is 46.4 Å². The summed E-state index contributed by atoms with van der Waals surface area (Å²) < 4.78 is 6.31. The molecule has 2 aliphatic rings. The number of amides is 2. The number of oxime groups is 1. The molecule has 1 aromatic heterocycles. The van der Waals surface area contributed by atoms with Crippen LogP contribution in [0.15, 0.2) is 264 Å². The van der Waals surface area contributed by atoms with Crippen LogP contribution in [0.4, 0.5) is 5.13 Å². The minimum atomic E-state index is -1.37. The molecule has 380 valence electrons. The molecule has 0 saturated carbocycles. The van der Waals surface area contributed by atoms with E-state index in [-0.39, 0.29) is 23.0 Å². The molecule has 13 heteroatoms. The number of nitrogens with zero attached hydrogens (tertiary/aromatic N) is 3. The van der Waals surface area contributed by atoms with Crippen LogP contribution in [0.2, 0.25) is 0 Å². The second-order valence-electron chi connectivity index (χ2n) is 18.4. The predicted molar refractivity (Wildman–Crippen MR) is 305 cm³/mol. The SMILES string of the molecule is O=C(OC(c1ccccc1)c1ccccc1)C1=C(CCl)CS[C@H]2C(NC(=O)/C(=N\OC(c3ccccc3)(c3ccccc3)c3ccccc3)c3csc(NC(c4ccccc4)(c4ccccc4)c4ccccc4)n3)C(=O)N12. The number of halogens is 1. The number of alkyl halides is 1. The number of benzene rings is 8. The maximum atomic E-state index is 15.4. The molecular weight excluding hydrogens is 1020 g/mol. The zero-order valence-electron chi connectivity index (χ0n) is 41.4. The van der Waals surface area contributed by atoms with Gasteiger partial charge < -0.3 is 20.2 Å². The van der Waals surface area contributed by atoms with Gasteiger partial charge in [0.15, 0.2) is 16.9 Å². The third kappa shape index (κ3) is 9.95. The van der Waals surface area contributed by atoms with Crippen molar-refractivity contribution in [3.8, 4) is 0 Å². The van der Waals surface area contributed by atoms with Crippen LogP contribution in [0.5, 0.6) is 0 Å². The molecular formula is C64H50ClN5O5S2. The van der Waals surface area contributed by atoms with Gasteiger partial charge in [0.05, 0.1) is 0 Å². The molecule has 0 bridgehead atoms. The number of anilines is 1. The monoisotopic (exact) mass is 1070 g/mol. The molecule has 10 nitrogen and oxygen atoms in total. The molecule has 11 rings (SSSR count). The van der Waals surface area contributed by atoms with Gasteiger partial charge in [-0.3, -0.25) is 14.5 Å². The van der Waals surface area contributed by atoms with Crippen molar-refractivity contribution in [1.29, 1.82) is 0 Å². The van der Waals surface area contributed by atoms with E-state index in [4.69, 9.17) is 31.3 Å². The third-order valence-electron chi connectivity index (χ3n) is 13.8. The van der Waals surface area contributed by atoms with E-state index in [1.165, 1.54) is 28.0 Å². The van der Waals surface area contributed by atoms with Gasteiger partial charge in [-0.1, -0.05) is 248 Å². The standard InChI is InChI=1S/C64H50ClN5O5S2/c65-41-46-42-76-60-55(59(72)70(60)56(46)61(73)74-57(44-25-9-1-10-26-44)45-27-11-2-12-28-45)67-58(71)54(69-75-64(50-35-19-6-20-36-50,51-37-21-7-22-38-51)52-39-23-8-24-40-52)53-43-77-62(66-53)68-63(47-29-13-3-14-30-47,48-31-15-4-16-32-48)49-33-17-5-18-34-49/h1-40,43,55,57,60H,41-42H2,(H,66,68)(H,67,71)/b69-54-/t55?,60-/m0/s1. The Labute approximate surface area is 460 Å². The van der Waals surface area contributed by atoms with Crippen molar-refractivity contribution in [2.75, 3.05) is 16.9 Å². The topological polar surface area (TPSA) is 122 Å².